The molecule has 5 heteroatoms. The van der Waals surface area contributed by atoms with Crippen molar-refractivity contribution in [1.82, 2.24) is 10.6 Å². The molecule has 0 saturated carbocycles. The minimum absolute atomic E-state index is 0.00383. The van der Waals surface area contributed by atoms with Crippen LogP contribution >= 0.6 is 0 Å². The first-order valence-corrected chi connectivity index (χ1v) is 6.15. The van der Waals surface area contributed by atoms with Crippen LogP contribution < -0.4 is 10.6 Å². The number of unbranched alkanes of at least 4 members (excludes halogenated alkanes) is 2. The van der Waals surface area contributed by atoms with E-state index in [1.165, 1.54) is 6.92 Å². The maximum absolute atomic E-state index is 11.2. The Balaban J connectivity index is 3.22. The summed E-state index contributed by atoms with van der Waals surface area (Å²) in [6, 6.07) is 0. The van der Waals surface area contributed by atoms with Gasteiger partial charge in [0.15, 0.2) is 0 Å². The number of carbonyl (C=O) groups is 2. The molecule has 0 spiro atoms. The molecule has 0 aliphatic heterocycles. The minimum atomic E-state index is -0.0689. The number of amides is 2. The van der Waals surface area contributed by atoms with E-state index in [2.05, 4.69) is 10.6 Å². The molecule has 0 saturated heterocycles. The van der Waals surface area contributed by atoms with Crippen LogP contribution in [0.4, 0.5) is 0 Å². The SMILES string of the molecule is CC(=O)NCCCCCNC(=O)COC(C)C. The maximum Gasteiger partial charge on any atom is 0.246 e. The van der Waals surface area contributed by atoms with Crippen LogP contribution in [0.5, 0.6) is 0 Å². The van der Waals surface area contributed by atoms with Crippen molar-refractivity contribution in [2.45, 2.75) is 46.1 Å². The summed E-state index contributed by atoms with van der Waals surface area (Å²) in [6.07, 6.45) is 2.94. The molecule has 0 aromatic rings. The molecule has 0 atom stereocenters. The highest BCUT2D eigenvalue weighted by molar-refractivity contribution is 5.77. The van der Waals surface area contributed by atoms with Gasteiger partial charge in [0.05, 0.1) is 6.10 Å². The number of hydrogen-bond acceptors (Lipinski definition) is 3. The van der Waals surface area contributed by atoms with Gasteiger partial charge in [0.25, 0.3) is 0 Å². The highest BCUT2D eigenvalue weighted by atomic mass is 16.5. The Bertz CT molecular complexity index is 230. The van der Waals surface area contributed by atoms with Crippen molar-refractivity contribution >= 4 is 11.8 Å². The molecule has 17 heavy (non-hydrogen) atoms. The molecule has 100 valence electrons. The molecule has 0 aromatic heterocycles. The lowest BCUT2D eigenvalue weighted by atomic mass is 10.2. The number of hydrogen-bond donors (Lipinski definition) is 2. The van der Waals surface area contributed by atoms with E-state index >= 15 is 0 Å². The molecule has 2 N–H and O–H groups in total. The quantitative estimate of drug-likeness (QED) is 0.590. The Morgan fingerprint density at radius 2 is 1.65 bits per heavy atom. The highest BCUT2D eigenvalue weighted by Crippen LogP contribution is 1.92. The Morgan fingerprint density at radius 1 is 1.06 bits per heavy atom. The average Bonchev–Trinajstić information content (AvgIpc) is 2.24. The average molecular weight is 244 g/mol. The summed E-state index contributed by atoms with van der Waals surface area (Å²) in [5.74, 6) is -0.0651. The Morgan fingerprint density at radius 3 is 2.18 bits per heavy atom. The van der Waals surface area contributed by atoms with Crippen molar-refractivity contribution < 1.29 is 14.3 Å². The second kappa shape index (κ2) is 10.1. The molecule has 0 bridgehead atoms. The summed E-state index contributed by atoms with van der Waals surface area (Å²) in [5.41, 5.74) is 0. The molecule has 5 nitrogen and oxygen atoms in total. The predicted molar refractivity (Wildman–Crippen MR) is 66.6 cm³/mol. The van der Waals surface area contributed by atoms with E-state index in [9.17, 15) is 9.59 Å². The van der Waals surface area contributed by atoms with Crippen molar-refractivity contribution in [3.63, 3.8) is 0 Å². The zero-order chi connectivity index (χ0) is 13.1. The molecular formula is C12H24N2O3. The van der Waals surface area contributed by atoms with Crippen LogP contribution in [0.3, 0.4) is 0 Å². The van der Waals surface area contributed by atoms with Gasteiger partial charge in [-0.05, 0) is 33.1 Å². The number of ether oxygens (including phenoxy) is 1. The summed E-state index contributed by atoms with van der Waals surface area (Å²) in [4.78, 5) is 21.8. The van der Waals surface area contributed by atoms with Crippen molar-refractivity contribution in [1.29, 1.82) is 0 Å². The van der Waals surface area contributed by atoms with Gasteiger partial charge < -0.3 is 15.4 Å². The Kier molecular flexibility index (Phi) is 9.43. The van der Waals surface area contributed by atoms with Gasteiger partial charge in [-0.15, -0.1) is 0 Å². The van der Waals surface area contributed by atoms with Crippen molar-refractivity contribution in [2.24, 2.45) is 0 Å². The van der Waals surface area contributed by atoms with E-state index < -0.39 is 0 Å². The summed E-state index contributed by atoms with van der Waals surface area (Å²) in [5, 5.41) is 5.52. The van der Waals surface area contributed by atoms with E-state index in [-0.39, 0.29) is 24.5 Å². The first-order chi connectivity index (χ1) is 8.02. The van der Waals surface area contributed by atoms with Crippen LogP contribution in [-0.2, 0) is 14.3 Å². The first kappa shape index (κ1) is 15.9. The van der Waals surface area contributed by atoms with Crippen LogP contribution in [-0.4, -0.2) is 37.6 Å². The minimum Gasteiger partial charge on any atom is -0.369 e. The van der Waals surface area contributed by atoms with Crippen LogP contribution in [0.15, 0.2) is 0 Å². The van der Waals surface area contributed by atoms with Crippen molar-refractivity contribution in [3.05, 3.63) is 0 Å². The van der Waals surface area contributed by atoms with Crippen LogP contribution in [0.1, 0.15) is 40.0 Å². The van der Waals surface area contributed by atoms with Gasteiger partial charge in [-0.1, -0.05) is 0 Å². The summed E-state index contributed by atoms with van der Waals surface area (Å²) >= 11 is 0. The fourth-order valence-electron chi connectivity index (χ4n) is 1.21. The monoisotopic (exact) mass is 244 g/mol. The molecule has 0 aliphatic rings. The third-order valence-electron chi connectivity index (χ3n) is 2.10. The molecule has 0 unspecified atom stereocenters. The van der Waals surface area contributed by atoms with Gasteiger partial charge in [0.2, 0.25) is 11.8 Å². The van der Waals surface area contributed by atoms with Crippen LogP contribution in [0.25, 0.3) is 0 Å². The molecule has 0 fully saturated rings. The van der Waals surface area contributed by atoms with E-state index in [0.29, 0.717) is 13.1 Å². The standard InChI is InChI=1S/C12H24N2O3/c1-10(2)17-9-12(16)14-8-6-4-5-7-13-11(3)15/h10H,4-9H2,1-3H3,(H,13,15)(H,14,16). The summed E-state index contributed by atoms with van der Waals surface area (Å²) < 4.78 is 5.17. The molecular weight excluding hydrogens is 220 g/mol. The lowest BCUT2D eigenvalue weighted by Gasteiger charge is -2.08. The largest absolute Gasteiger partial charge is 0.369 e. The number of carbonyl (C=O) groups excluding carboxylic acids is 2. The second-order valence-electron chi connectivity index (χ2n) is 4.25. The van der Waals surface area contributed by atoms with Gasteiger partial charge in [-0.25, -0.2) is 0 Å². The Hall–Kier alpha value is -1.10. The fourth-order valence-corrected chi connectivity index (χ4v) is 1.21. The van der Waals surface area contributed by atoms with E-state index in [4.69, 9.17) is 4.74 Å². The highest BCUT2D eigenvalue weighted by Gasteiger charge is 2.01. The van der Waals surface area contributed by atoms with Gasteiger partial charge in [-0.3, -0.25) is 9.59 Å². The van der Waals surface area contributed by atoms with Gasteiger partial charge >= 0.3 is 0 Å². The maximum atomic E-state index is 11.2. The fraction of sp³-hybridized carbons (Fsp3) is 0.833. The van der Waals surface area contributed by atoms with Gasteiger partial charge in [0, 0.05) is 20.0 Å². The third-order valence-corrected chi connectivity index (χ3v) is 2.10. The number of rotatable bonds is 9. The Labute approximate surface area is 103 Å². The molecule has 2 amide bonds. The van der Waals surface area contributed by atoms with Crippen molar-refractivity contribution in [3.8, 4) is 0 Å². The van der Waals surface area contributed by atoms with Crippen LogP contribution in [0.2, 0.25) is 0 Å². The summed E-state index contributed by atoms with van der Waals surface area (Å²) in [6.45, 7) is 6.81. The molecule has 0 aromatic carbocycles. The van der Waals surface area contributed by atoms with E-state index in [1.807, 2.05) is 13.8 Å². The van der Waals surface area contributed by atoms with Gasteiger partial charge in [0.1, 0.15) is 6.61 Å². The van der Waals surface area contributed by atoms with E-state index in [0.717, 1.165) is 19.3 Å². The zero-order valence-corrected chi connectivity index (χ0v) is 11.0. The molecule has 0 heterocycles. The molecule has 0 radical (unpaired) electrons. The lowest BCUT2D eigenvalue weighted by molar-refractivity contribution is -0.127. The first-order valence-electron chi connectivity index (χ1n) is 6.15. The van der Waals surface area contributed by atoms with Crippen LogP contribution in [0, 0.1) is 0 Å². The molecule has 0 rings (SSSR count). The van der Waals surface area contributed by atoms with Gasteiger partial charge in [-0.2, -0.15) is 0 Å². The smallest absolute Gasteiger partial charge is 0.246 e. The lowest BCUT2D eigenvalue weighted by Crippen LogP contribution is -2.29. The number of nitrogens with one attached hydrogen (secondary N) is 2. The normalized spacial score (nSPS) is 10.4. The zero-order valence-electron chi connectivity index (χ0n) is 11.0. The van der Waals surface area contributed by atoms with Crippen molar-refractivity contribution in [2.75, 3.05) is 19.7 Å². The topological polar surface area (TPSA) is 67.4 Å². The summed E-state index contributed by atoms with van der Waals surface area (Å²) in [7, 11) is 0. The predicted octanol–water partition coefficient (Wildman–Crippen LogP) is 0.834. The third kappa shape index (κ3) is 12.8. The van der Waals surface area contributed by atoms with E-state index in [1.54, 1.807) is 0 Å². The molecule has 0 aliphatic carbocycles. The second-order valence-corrected chi connectivity index (χ2v) is 4.25.